The number of aromatic nitrogens is 1. The summed E-state index contributed by atoms with van der Waals surface area (Å²) in [7, 11) is 0. The molecule has 11 rings (SSSR count). The molecule has 0 N–H and O–H groups in total. The fourth-order valence-corrected chi connectivity index (χ4v) is 8.91. The summed E-state index contributed by atoms with van der Waals surface area (Å²) in [6.07, 6.45) is 6.62. The molecule has 0 spiro atoms. The third kappa shape index (κ3) is 5.04. The number of ether oxygens (including phenoxy) is 1. The Bertz CT molecular complexity index is 2930. The number of para-hydroxylation sites is 5. The van der Waals surface area contributed by atoms with E-state index < -0.39 is 0 Å². The van der Waals surface area contributed by atoms with E-state index >= 15 is 0 Å². The standard InChI is InChI=1S/C52H36N2O/c1-2-17-38-35(15-1)16-13-29-46(38)53(37-33-31-36(32-34-37)39-23-14-24-45-44-22-7-12-30-51(44)55-52(39)45)47-25-8-3-18-40(47)41-19-4-9-26-48(41)54-49-27-10-5-20-42(49)43-21-6-11-28-50(43)54/h1-34,39,52H. The molecule has 3 heteroatoms. The van der Waals surface area contributed by atoms with Crippen molar-refractivity contribution in [2.24, 2.45) is 0 Å². The number of allylic oxidation sites excluding steroid dienone is 2. The van der Waals surface area contributed by atoms with Crippen LogP contribution in [-0.2, 0) is 0 Å². The summed E-state index contributed by atoms with van der Waals surface area (Å²) in [5, 5.41) is 4.90. The van der Waals surface area contributed by atoms with Gasteiger partial charge < -0.3 is 14.2 Å². The lowest BCUT2D eigenvalue weighted by Gasteiger charge is -2.30. The number of anilines is 3. The van der Waals surface area contributed by atoms with Crippen LogP contribution >= 0.6 is 0 Å². The van der Waals surface area contributed by atoms with E-state index in [-0.39, 0.29) is 12.0 Å². The molecule has 1 aromatic heterocycles. The quantitative estimate of drug-likeness (QED) is 0.171. The van der Waals surface area contributed by atoms with Crippen LogP contribution in [0.25, 0.3) is 55.0 Å². The number of benzene rings is 8. The van der Waals surface area contributed by atoms with Crippen molar-refractivity contribution in [1.29, 1.82) is 0 Å². The third-order valence-electron chi connectivity index (χ3n) is 11.4. The second kappa shape index (κ2) is 12.8. The zero-order chi connectivity index (χ0) is 36.3. The van der Waals surface area contributed by atoms with Gasteiger partial charge in [0.2, 0.25) is 0 Å². The van der Waals surface area contributed by atoms with Gasteiger partial charge in [0, 0.05) is 50.0 Å². The van der Waals surface area contributed by atoms with Gasteiger partial charge in [0.15, 0.2) is 0 Å². The van der Waals surface area contributed by atoms with Gasteiger partial charge in [0.25, 0.3) is 0 Å². The molecule has 0 saturated heterocycles. The Morgan fingerprint density at radius 1 is 0.473 bits per heavy atom. The lowest BCUT2D eigenvalue weighted by Crippen LogP contribution is -2.23. The second-order valence-electron chi connectivity index (χ2n) is 14.4. The van der Waals surface area contributed by atoms with Gasteiger partial charge in [-0.25, -0.2) is 0 Å². The maximum atomic E-state index is 6.57. The number of rotatable bonds is 6. The van der Waals surface area contributed by atoms with Gasteiger partial charge in [-0.05, 0) is 59.5 Å². The minimum atomic E-state index is -0.0412. The Balaban J connectivity index is 1.08. The van der Waals surface area contributed by atoms with Crippen molar-refractivity contribution in [3.63, 3.8) is 0 Å². The third-order valence-corrected chi connectivity index (χ3v) is 11.4. The molecule has 0 fully saturated rings. The molecule has 3 nitrogen and oxygen atoms in total. The summed E-state index contributed by atoms with van der Waals surface area (Å²) >= 11 is 0. The Kier molecular flexibility index (Phi) is 7.31. The molecule has 2 heterocycles. The van der Waals surface area contributed by atoms with Crippen LogP contribution in [0.3, 0.4) is 0 Å². The predicted octanol–water partition coefficient (Wildman–Crippen LogP) is 13.6. The zero-order valence-electron chi connectivity index (χ0n) is 30.1. The van der Waals surface area contributed by atoms with Crippen molar-refractivity contribution in [2.75, 3.05) is 4.90 Å². The van der Waals surface area contributed by atoms with Crippen molar-refractivity contribution in [3.8, 4) is 22.6 Å². The fraction of sp³-hybridized carbons (Fsp3) is 0.0385. The number of nitrogens with zero attached hydrogens (tertiary/aromatic N) is 2. The summed E-state index contributed by atoms with van der Waals surface area (Å²) in [4.78, 5) is 2.44. The van der Waals surface area contributed by atoms with Crippen molar-refractivity contribution in [2.45, 2.75) is 12.0 Å². The minimum absolute atomic E-state index is 0.0412. The summed E-state index contributed by atoms with van der Waals surface area (Å²) in [6.45, 7) is 0. The molecule has 0 radical (unpaired) electrons. The predicted molar refractivity (Wildman–Crippen MR) is 229 cm³/mol. The summed E-state index contributed by atoms with van der Waals surface area (Å²) in [6, 6.07) is 68.0. The maximum Gasteiger partial charge on any atom is 0.135 e. The molecule has 260 valence electrons. The highest BCUT2D eigenvalue weighted by molar-refractivity contribution is 6.10. The van der Waals surface area contributed by atoms with Crippen LogP contribution < -0.4 is 9.64 Å². The van der Waals surface area contributed by atoms with E-state index in [0.29, 0.717) is 0 Å². The van der Waals surface area contributed by atoms with Gasteiger partial charge >= 0.3 is 0 Å². The van der Waals surface area contributed by atoms with Crippen LogP contribution in [0.4, 0.5) is 17.1 Å². The molecule has 0 bridgehead atoms. The van der Waals surface area contributed by atoms with Crippen molar-refractivity contribution >= 4 is 55.2 Å². The minimum Gasteiger partial charge on any atom is -0.484 e. The van der Waals surface area contributed by atoms with E-state index in [1.165, 1.54) is 49.3 Å². The van der Waals surface area contributed by atoms with Gasteiger partial charge in [-0.1, -0.05) is 158 Å². The monoisotopic (exact) mass is 704 g/mol. The Labute approximate surface area is 320 Å². The molecule has 9 aromatic rings. The summed E-state index contributed by atoms with van der Waals surface area (Å²) in [5.74, 6) is 1.07. The lowest BCUT2D eigenvalue weighted by molar-refractivity contribution is 0.258. The molecule has 2 unspecified atom stereocenters. The van der Waals surface area contributed by atoms with Crippen LogP contribution in [0.1, 0.15) is 17.0 Å². The van der Waals surface area contributed by atoms with Crippen LogP contribution in [0, 0.1) is 0 Å². The molecular weight excluding hydrogens is 669 g/mol. The SMILES string of the molecule is C1=CC(c2ccc(N(c3ccccc3-c3ccccc3-n3c4ccccc4c4ccccc43)c3cccc4ccccc34)cc2)C2Oc3ccccc3C2=C1. The molecule has 2 aliphatic rings. The van der Waals surface area contributed by atoms with Crippen LogP contribution in [-0.4, -0.2) is 10.7 Å². The normalized spacial score (nSPS) is 15.8. The topological polar surface area (TPSA) is 17.4 Å². The molecular formula is C52H36N2O. The number of fused-ring (bicyclic) bond motifs is 7. The van der Waals surface area contributed by atoms with Gasteiger partial charge in [-0.15, -0.1) is 0 Å². The molecule has 0 amide bonds. The Hall–Kier alpha value is -7.10. The van der Waals surface area contributed by atoms with E-state index in [0.717, 1.165) is 39.6 Å². The molecule has 1 aliphatic heterocycles. The van der Waals surface area contributed by atoms with E-state index in [4.69, 9.17) is 4.74 Å². The largest absolute Gasteiger partial charge is 0.484 e. The zero-order valence-corrected chi connectivity index (χ0v) is 30.1. The molecule has 8 aromatic carbocycles. The van der Waals surface area contributed by atoms with E-state index in [1.807, 2.05) is 0 Å². The molecule has 1 aliphatic carbocycles. The first-order valence-corrected chi connectivity index (χ1v) is 19.0. The van der Waals surface area contributed by atoms with E-state index in [1.54, 1.807) is 0 Å². The van der Waals surface area contributed by atoms with Crippen molar-refractivity contribution < 1.29 is 4.74 Å². The fourth-order valence-electron chi connectivity index (χ4n) is 8.91. The summed E-state index contributed by atoms with van der Waals surface area (Å²) < 4.78 is 9.00. The van der Waals surface area contributed by atoms with Crippen molar-refractivity contribution in [3.05, 3.63) is 217 Å². The van der Waals surface area contributed by atoms with Crippen LogP contribution in [0.5, 0.6) is 5.75 Å². The second-order valence-corrected chi connectivity index (χ2v) is 14.4. The van der Waals surface area contributed by atoms with E-state index in [9.17, 15) is 0 Å². The Morgan fingerprint density at radius 2 is 1.07 bits per heavy atom. The van der Waals surface area contributed by atoms with Gasteiger partial charge in [0.05, 0.1) is 28.1 Å². The van der Waals surface area contributed by atoms with Crippen molar-refractivity contribution in [1.82, 2.24) is 4.57 Å². The smallest absolute Gasteiger partial charge is 0.135 e. The van der Waals surface area contributed by atoms with Gasteiger partial charge in [-0.3, -0.25) is 0 Å². The first-order chi connectivity index (χ1) is 27.3. The van der Waals surface area contributed by atoms with Crippen LogP contribution in [0.15, 0.2) is 206 Å². The average molecular weight is 705 g/mol. The molecule has 0 saturated carbocycles. The molecule has 2 atom stereocenters. The highest BCUT2D eigenvalue weighted by Crippen LogP contribution is 2.48. The van der Waals surface area contributed by atoms with E-state index in [2.05, 4.69) is 216 Å². The summed E-state index contributed by atoms with van der Waals surface area (Å²) in [5.41, 5.74) is 12.8. The Morgan fingerprint density at radius 3 is 1.87 bits per heavy atom. The highest BCUT2D eigenvalue weighted by Gasteiger charge is 2.36. The number of hydrogen-bond donors (Lipinski definition) is 0. The first kappa shape index (κ1) is 31.4. The highest BCUT2D eigenvalue weighted by atomic mass is 16.5. The lowest BCUT2D eigenvalue weighted by atomic mass is 9.84. The maximum absolute atomic E-state index is 6.57. The average Bonchev–Trinajstić information content (AvgIpc) is 3.80. The van der Waals surface area contributed by atoms with Gasteiger partial charge in [-0.2, -0.15) is 0 Å². The van der Waals surface area contributed by atoms with Gasteiger partial charge in [0.1, 0.15) is 11.9 Å². The first-order valence-electron chi connectivity index (χ1n) is 19.0. The van der Waals surface area contributed by atoms with Crippen LogP contribution in [0.2, 0.25) is 0 Å². The number of hydrogen-bond acceptors (Lipinski definition) is 2. The molecule has 55 heavy (non-hydrogen) atoms.